The Morgan fingerprint density at radius 1 is 0.943 bits per heavy atom. The first kappa shape index (κ1) is 42.3. The number of benzene rings is 2. The lowest BCUT2D eigenvalue weighted by Gasteiger charge is -2.25. The molecule has 0 aliphatic carbocycles. The topological polar surface area (TPSA) is 181 Å². The van der Waals surface area contributed by atoms with Gasteiger partial charge >= 0.3 is 18.2 Å². The fourth-order valence-corrected chi connectivity index (χ4v) is 6.18. The summed E-state index contributed by atoms with van der Waals surface area (Å²) in [6.07, 6.45) is 5.12. The van der Waals surface area contributed by atoms with E-state index in [4.69, 9.17) is 30.1 Å². The van der Waals surface area contributed by atoms with Crippen molar-refractivity contribution in [1.29, 1.82) is 0 Å². The van der Waals surface area contributed by atoms with Crippen LogP contribution in [0.25, 0.3) is 10.9 Å². The molecule has 0 fully saturated rings. The number of amides is 1. The van der Waals surface area contributed by atoms with Crippen LogP contribution in [-0.4, -0.2) is 91.8 Å². The summed E-state index contributed by atoms with van der Waals surface area (Å²) in [5, 5.41) is 2.93. The highest BCUT2D eigenvalue weighted by Gasteiger charge is 2.34. The number of methoxy groups -OCH3 is 2. The molecule has 16 heteroatoms. The second-order valence-corrected chi connectivity index (χ2v) is 15.7. The number of nitrogens with zero attached hydrogens (tertiary/aromatic N) is 2. The van der Waals surface area contributed by atoms with Crippen molar-refractivity contribution in [3.8, 4) is 23.8 Å². The van der Waals surface area contributed by atoms with Crippen molar-refractivity contribution in [3.05, 3.63) is 59.8 Å². The number of Topliss-reactive ketones (excluding diaryl/α,β-unsaturated/α-hetero) is 1. The molecular formula is C37H48N4O11S. The van der Waals surface area contributed by atoms with Gasteiger partial charge in [0.25, 0.3) is 10.2 Å². The molecule has 2 atom stereocenters. The van der Waals surface area contributed by atoms with Crippen LogP contribution in [-0.2, 0) is 47.0 Å². The smallest absolute Gasteiger partial charge is 0.419 e. The molecule has 288 valence electrons. The number of aromatic nitrogens is 1. The predicted octanol–water partition coefficient (Wildman–Crippen LogP) is 4.35. The molecule has 1 aromatic heterocycles. The molecule has 0 aliphatic heterocycles. The summed E-state index contributed by atoms with van der Waals surface area (Å²) in [6, 6.07) is 8.98. The fourth-order valence-electron chi connectivity index (χ4n) is 4.95. The van der Waals surface area contributed by atoms with Crippen molar-refractivity contribution in [2.45, 2.75) is 84.8 Å². The van der Waals surface area contributed by atoms with Crippen LogP contribution in [0.15, 0.2) is 48.7 Å². The molecular weight excluding hydrogens is 708 g/mol. The van der Waals surface area contributed by atoms with Crippen LogP contribution >= 0.6 is 0 Å². The number of hydrogen-bond acceptors (Lipinski definition) is 11. The van der Waals surface area contributed by atoms with Gasteiger partial charge in [-0.1, -0.05) is 24.1 Å². The summed E-state index contributed by atoms with van der Waals surface area (Å²) >= 11 is 0. The Morgan fingerprint density at radius 2 is 1.60 bits per heavy atom. The third-order valence-electron chi connectivity index (χ3n) is 7.40. The number of fused-ring (bicyclic) bond motifs is 1. The average Bonchev–Trinajstić information content (AvgIpc) is 3.43. The molecule has 3 aromatic rings. The van der Waals surface area contributed by atoms with Crippen molar-refractivity contribution in [3.63, 3.8) is 0 Å². The minimum atomic E-state index is -4.69. The summed E-state index contributed by atoms with van der Waals surface area (Å²) in [5.41, 5.74) is -0.313. The fraction of sp³-hybridized carbons (Fsp3) is 0.459. The molecule has 53 heavy (non-hydrogen) atoms. The number of para-hydroxylation sites is 1. The van der Waals surface area contributed by atoms with Gasteiger partial charge in [0.1, 0.15) is 35.3 Å². The first-order chi connectivity index (χ1) is 24.7. The highest BCUT2D eigenvalue weighted by molar-refractivity contribution is 7.87. The number of ether oxygens (including phenoxy) is 5. The Labute approximate surface area is 310 Å². The molecule has 1 heterocycles. The first-order valence-corrected chi connectivity index (χ1v) is 18.0. The van der Waals surface area contributed by atoms with E-state index in [1.807, 2.05) is 0 Å². The van der Waals surface area contributed by atoms with E-state index in [1.54, 1.807) is 84.0 Å². The van der Waals surface area contributed by atoms with E-state index >= 15 is 0 Å². The molecule has 0 aliphatic rings. The molecule has 0 bridgehead atoms. The van der Waals surface area contributed by atoms with Gasteiger partial charge in [-0.05, 0) is 72.2 Å². The Hall–Kier alpha value is -5.11. The molecule has 2 N–H and O–H groups in total. The molecule has 0 saturated heterocycles. The molecule has 1 amide bonds. The number of carbonyl (C=O) groups excluding carboxylic acids is 4. The number of esters is 1. The number of terminal acetylenes is 1. The lowest BCUT2D eigenvalue weighted by Crippen LogP contribution is -2.53. The number of rotatable bonds is 15. The van der Waals surface area contributed by atoms with Crippen LogP contribution in [0.4, 0.5) is 9.59 Å². The number of alkyl carbamates (subject to hydrolysis) is 1. The highest BCUT2D eigenvalue weighted by Crippen LogP contribution is 2.27. The SMILES string of the molecule is C#CCN(CC(=O)[C@H](C)NC(=O)OC(C)(C)C)S(=O)(=O)N[C@H](Cc1cn(C(=O)OC(C)(C)C)c2ccccc12)C(=O)OCc1ccc(OC)cc1OC. The quantitative estimate of drug-likeness (QED) is 0.128. The van der Waals surface area contributed by atoms with E-state index in [1.165, 1.54) is 31.9 Å². The Balaban J connectivity index is 1.98. The lowest BCUT2D eigenvalue weighted by molar-refractivity contribution is -0.147. The molecule has 15 nitrogen and oxygen atoms in total. The van der Waals surface area contributed by atoms with E-state index in [2.05, 4.69) is 16.0 Å². The van der Waals surface area contributed by atoms with E-state index in [9.17, 15) is 27.6 Å². The van der Waals surface area contributed by atoms with Crippen molar-refractivity contribution in [2.75, 3.05) is 27.3 Å². The minimum absolute atomic E-state index is 0.289. The van der Waals surface area contributed by atoms with Gasteiger partial charge in [-0.2, -0.15) is 17.4 Å². The van der Waals surface area contributed by atoms with Gasteiger partial charge in [0.05, 0.1) is 38.9 Å². The standard InChI is InChI=1S/C37H48N4O11S/c1-11-18-40(22-31(42)24(2)38-34(44)51-36(3,4)5)53(46,47)39-29(33(43)50-23-25-16-17-27(48-9)20-32(25)49-10)19-26-21-41(35(45)52-37(6,7)8)30-15-13-12-14-28(26)30/h1,12-17,20-21,24,29,39H,18-19,22-23H2,2-10H3,(H,38,44)/t24-,29+/m0/s1. The van der Waals surface area contributed by atoms with Crippen LogP contribution < -0.4 is 19.5 Å². The third kappa shape index (κ3) is 12.2. The zero-order valence-electron chi connectivity index (χ0n) is 31.5. The second kappa shape index (κ2) is 17.6. The Morgan fingerprint density at radius 3 is 2.21 bits per heavy atom. The van der Waals surface area contributed by atoms with E-state index < -0.39 is 70.5 Å². The van der Waals surface area contributed by atoms with Gasteiger partial charge in [-0.15, -0.1) is 6.42 Å². The molecule has 0 unspecified atom stereocenters. The highest BCUT2D eigenvalue weighted by atomic mass is 32.2. The third-order valence-corrected chi connectivity index (χ3v) is 8.92. The summed E-state index contributed by atoms with van der Waals surface area (Å²) in [4.78, 5) is 52.4. The maximum atomic E-state index is 13.9. The Bertz CT molecular complexity index is 1950. The van der Waals surface area contributed by atoms with Gasteiger partial charge in [0.15, 0.2) is 5.78 Å². The van der Waals surface area contributed by atoms with Gasteiger partial charge in [-0.25, -0.2) is 9.59 Å². The molecule has 0 radical (unpaired) electrons. The largest absolute Gasteiger partial charge is 0.497 e. The van der Waals surface area contributed by atoms with Crippen molar-refractivity contribution in [2.24, 2.45) is 0 Å². The van der Waals surface area contributed by atoms with Crippen LogP contribution in [0.3, 0.4) is 0 Å². The van der Waals surface area contributed by atoms with Gasteiger partial charge in [0.2, 0.25) is 0 Å². The number of ketones is 1. The first-order valence-electron chi connectivity index (χ1n) is 16.6. The minimum Gasteiger partial charge on any atom is -0.497 e. The van der Waals surface area contributed by atoms with Crippen molar-refractivity contribution in [1.82, 2.24) is 18.9 Å². The summed E-state index contributed by atoms with van der Waals surface area (Å²) in [5.74, 6) is 1.40. The predicted molar refractivity (Wildman–Crippen MR) is 197 cm³/mol. The van der Waals surface area contributed by atoms with Gasteiger partial charge in [-0.3, -0.25) is 14.2 Å². The normalized spacial score (nSPS) is 13.1. The van der Waals surface area contributed by atoms with Gasteiger partial charge in [0, 0.05) is 29.6 Å². The number of carbonyl (C=O) groups is 4. The zero-order valence-corrected chi connectivity index (χ0v) is 32.3. The maximum Gasteiger partial charge on any atom is 0.419 e. The van der Waals surface area contributed by atoms with E-state index in [-0.39, 0.29) is 13.0 Å². The number of nitrogens with one attached hydrogen (secondary N) is 2. The zero-order chi connectivity index (χ0) is 39.7. The van der Waals surface area contributed by atoms with Gasteiger partial charge < -0.3 is 29.0 Å². The summed E-state index contributed by atoms with van der Waals surface area (Å²) in [7, 11) is -1.77. The molecule has 0 saturated carbocycles. The van der Waals surface area contributed by atoms with Crippen molar-refractivity contribution >= 4 is 45.1 Å². The average molecular weight is 757 g/mol. The van der Waals surface area contributed by atoms with Crippen LogP contribution in [0.5, 0.6) is 11.5 Å². The van der Waals surface area contributed by atoms with Crippen LogP contribution in [0.1, 0.15) is 59.6 Å². The Kier molecular flexibility index (Phi) is 14.1. The maximum absolute atomic E-state index is 13.9. The molecule has 2 aromatic carbocycles. The van der Waals surface area contributed by atoms with Crippen LogP contribution in [0, 0.1) is 12.3 Å². The summed E-state index contributed by atoms with van der Waals surface area (Å²) < 4.78 is 59.1. The molecule has 3 rings (SSSR count). The number of hydrogen-bond donors (Lipinski definition) is 2. The molecule has 0 spiro atoms. The van der Waals surface area contributed by atoms with Crippen LogP contribution in [0.2, 0.25) is 0 Å². The lowest BCUT2D eigenvalue weighted by atomic mass is 10.1. The van der Waals surface area contributed by atoms with E-state index in [0.717, 1.165) is 0 Å². The summed E-state index contributed by atoms with van der Waals surface area (Å²) in [6.45, 7) is 9.87. The van der Waals surface area contributed by atoms with Crippen molar-refractivity contribution < 1.29 is 51.3 Å². The second-order valence-electron chi connectivity index (χ2n) is 14.0. The van der Waals surface area contributed by atoms with E-state index in [0.29, 0.717) is 37.8 Å². The monoisotopic (exact) mass is 756 g/mol.